The van der Waals surface area contributed by atoms with E-state index in [1.165, 1.54) is 4.57 Å². The zero-order chi connectivity index (χ0) is 20.8. The molecule has 0 unspecified atom stereocenters. The number of esters is 1. The summed E-state index contributed by atoms with van der Waals surface area (Å²) in [6.07, 6.45) is 0. The van der Waals surface area contributed by atoms with Gasteiger partial charge in [-0.1, -0.05) is 26.0 Å². The first-order valence-corrected chi connectivity index (χ1v) is 9.25. The Labute approximate surface area is 168 Å². The van der Waals surface area contributed by atoms with Crippen LogP contribution in [0.3, 0.4) is 0 Å². The maximum Gasteiger partial charge on any atom is 0.338 e. The first-order valence-electron chi connectivity index (χ1n) is 9.25. The Kier molecular flexibility index (Phi) is 6.25. The third-order valence-corrected chi connectivity index (χ3v) is 4.18. The maximum atomic E-state index is 12.6. The van der Waals surface area contributed by atoms with Crippen LogP contribution in [0.2, 0.25) is 0 Å². The number of carbonyl (C=O) groups excluding carboxylic acids is 1. The van der Waals surface area contributed by atoms with Gasteiger partial charge in [0.15, 0.2) is 5.82 Å². The molecule has 0 bridgehead atoms. The Morgan fingerprint density at radius 2 is 1.90 bits per heavy atom. The van der Waals surface area contributed by atoms with Crippen molar-refractivity contribution in [1.82, 2.24) is 9.55 Å². The van der Waals surface area contributed by atoms with Crippen molar-refractivity contribution in [3.63, 3.8) is 0 Å². The van der Waals surface area contributed by atoms with Crippen LogP contribution in [0.5, 0.6) is 5.75 Å². The van der Waals surface area contributed by atoms with Crippen LogP contribution in [0, 0.1) is 17.2 Å². The van der Waals surface area contributed by atoms with Gasteiger partial charge in [-0.3, -0.25) is 9.36 Å². The number of benzene rings is 2. The number of nitriles is 1. The lowest BCUT2D eigenvalue weighted by Crippen LogP contribution is -2.26. The van der Waals surface area contributed by atoms with Crippen LogP contribution in [0.25, 0.3) is 10.9 Å². The van der Waals surface area contributed by atoms with E-state index < -0.39 is 5.97 Å². The summed E-state index contributed by atoms with van der Waals surface area (Å²) in [5.74, 6) is 0.751. The van der Waals surface area contributed by atoms with Gasteiger partial charge in [0.2, 0.25) is 0 Å². The molecule has 1 heterocycles. The summed E-state index contributed by atoms with van der Waals surface area (Å²) >= 11 is 0. The average Bonchev–Trinajstić information content (AvgIpc) is 2.73. The van der Waals surface area contributed by atoms with Crippen molar-refractivity contribution in [3.05, 3.63) is 70.3 Å². The highest BCUT2D eigenvalue weighted by molar-refractivity contribution is 5.89. The molecule has 0 saturated heterocycles. The average molecular weight is 391 g/mol. The Morgan fingerprint density at radius 1 is 1.17 bits per heavy atom. The van der Waals surface area contributed by atoms with Crippen LogP contribution in [0.15, 0.2) is 53.3 Å². The van der Waals surface area contributed by atoms with Crippen molar-refractivity contribution in [2.24, 2.45) is 5.92 Å². The highest BCUT2D eigenvalue weighted by Gasteiger charge is 2.14. The van der Waals surface area contributed by atoms with Crippen molar-refractivity contribution >= 4 is 16.9 Å². The SMILES string of the molecule is CC(C)COc1ccc(C(=O)OCc2nc3ccccc3c(=O)n2CC#N)cc1. The van der Waals surface area contributed by atoms with E-state index in [1.807, 2.05) is 6.07 Å². The molecular weight excluding hydrogens is 370 g/mol. The molecule has 148 valence electrons. The van der Waals surface area contributed by atoms with Crippen molar-refractivity contribution in [1.29, 1.82) is 5.26 Å². The number of fused-ring (bicyclic) bond motifs is 1. The van der Waals surface area contributed by atoms with Crippen LogP contribution in [-0.4, -0.2) is 22.1 Å². The predicted molar refractivity (Wildman–Crippen MR) is 108 cm³/mol. The number of carbonyl (C=O) groups is 1. The number of hydrogen-bond acceptors (Lipinski definition) is 6. The van der Waals surface area contributed by atoms with E-state index in [2.05, 4.69) is 18.8 Å². The van der Waals surface area contributed by atoms with Gasteiger partial charge in [-0.2, -0.15) is 5.26 Å². The molecule has 7 nitrogen and oxygen atoms in total. The summed E-state index contributed by atoms with van der Waals surface area (Å²) in [6, 6.07) is 15.4. The first-order chi connectivity index (χ1) is 14.0. The van der Waals surface area contributed by atoms with Crippen molar-refractivity contribution in [2.75, 3.05) is 6.61 Å². The Bertz CT molecular complexity index is 1110. The second kappa shape index (κ2) is 9.02. The van der Waals surface area contributed by atoms with Gasteiger partial charge in [-0.05, 0) is 42.3 Å². The molecule has 0 spiro atoms. The number of nitrogens with zero attached hydrogens (tertiary/aromatic N) is 3. The van der Waals surface area contributed by atoms with Crippen LogP contribution >= 0.6 is 0 Å². The molecule has 0 fully saturated rings. The van der Waals surface area contributed by atoms with E-state index in [9.17, 15) is 9.59 Å². The van der Waals surface area contributed by atoms with Crippen molar-refractivity contribution in [3.8, 4) is 11.8 Å². The van der Waals surface area contributed by atoms with Crippen LogP contribution in [0.4, 0.5) is 0 Å². The third-order valence-electron chi connectivity index (χ3n) is 4.18. The second-order valence-electron chi connectivity index (χ2n) is 6.90. The number of rotatable bonds is 7. The number of aromatic nitrogens is 2. The van der Waals surface area contributed by atoms with E-state index in [0.29, 0.717) is 34.7 Å². The molecule has 0 radical (unpaired) electrons. The number of hydrogen-bond donors (Lipinski definition) is 0. The Hall–Kier alpha value is -3.66. The van der Waals surface area contributed by atoms with Gasteiger partial charge in [-0.15, -0.1) is 0 Å². The van der Waals surface area contributed by atoms with Gasteiger partial charge in [0.05, 0.1) is 29.1 Å². The number of ether oxygens (including phenoxy) is 2. The standard InChI is InChI=1S/C22H21N3O4/c1-15(2)13-28-17-9-7-16(8-10-17)22(27)29-14-20-24-19-6-4-3-5-18(19)21(26)25(20)12-11-23/h3-10,15H,12-14H2,1-2H3. The summed E-state index contributed by atoms with van der Waals surface area (Å²) in [5.41, 5.74) is 0.510. The highest BCUT2D eigenvalue weighted by atomic mass is 16.5. The Morgan fingerprint density at radius 3 is 2.59 bits per heavy atom. The second-order valence-corrected chi connectivity index (χ2v) is 6.90. The molecule has 0 aliphatic rings. The van der Waals surface area contributed by atoms with E-state index in [4.69, 9.17) is 14.7 Å². The molecule has 29 heavy (non-hydrogen) atoms. The fraction of sp³-hybridized carbons (Fsp3) is 0.273. The van der Waals surface area contributed by atoms with Gasteiger partial charge in [0.25, 0.3) is 5.56 Å². The summed E-state index contributed by atoms with van der Waals surface area (Å²) in [6.45, 7) is 4.31. The lowest BCUT2D eigenvalue weighted by atomic mass is 10.2. The van der Waals surface area contributed by atoms with Gasteiger partial charge >= 0.3 is 5.97 Å². The monoisotopic (exact) mass is 391 g/mol. The molecule has 3 rings (SSSR count). The zero-order valence-electron chi connectivity index (χ0n) is 16.3. The minimum atomic E-state index is -0.550. The van der Waals surface area contributed by atoms with Crippen molar-refractivity contribution < 1.29 is 14.3 Å². The molecule has 0 atom stereocenters. The van der Waals surface area contributed by atoms with Gasteiger partial charge < -0.3 is 9.47 Å². The van der Waals surface area contributed by atoms with Crippen LogP contribution in [-0.2, 0) is 17.9 Å². The maximum absolute atomic E-state index is 12.6. The Balaban J connectivity index is 1.76. The molecule has 0 aliphatic carbocycles. The topological polar surface area (TPSA) is 94.2 Å². The molecule has 7 heteroatoms. The zero-order valence-corrected chi connectivity index (χ0v) is 16.3. The number of para-hydroxylation sites is 1. The van der Waals surface area contributed by atoms with Gasteiger partial charge in [0.1, 0.15) is 18.9 Å². The molecular formula is C22H21N3O4. The molecule has 0 saturated carbocycles. The summed E-state index contributed by atoms with van der Waals surface area (Å²) in [7, 11) is 0. The smallest absolute Gasteiger partial charge is 0.338 e. The van der Waals surface area contributed by atoms with E-state index in [-0.39, 0.29) is 24.5 Å². The fourth-order valence-electron chi connectivity index (χ4n) is 2.72. The van der Waals surface area contributed by atoms with E-state index in [0.717, 1.165) is 0 Å². The fourth-order valence-corrected chi connectivity index (χ4v) is 2.72. The summed E-state index contributed by atoms with van der Waals surface area (Å²) in [5, 5.41) is 9.45. The van der Waals surface area contributed by atoms with E-state index in [1.54, 1.807) is 48.5 Å². The molecule has 0 aliphatic heterocycles. The molecule has 0 N–H and O–H groups in total. The molecule has 2 aromatic carbocycles. The quantitative estimate of drug-likeness (QED) is 0.574. The van der Waals surface area contributed by atoms with Gasteiger partial charge in [0, 0.05) is 0 Å². The normalized spacial score (nSPS) is 10.7. The van der Waals surface area contributed by atoms with E-state index >= 15 is 0 Å². The first kappa shape index (κ1) is 20.1. The molecule has 0 amide bonds. The van der Waals surface area contributed by atoms with Crippen molar-refractivity contribution in [2.45, 2.75) is 27.0 Å². The lowest BCUT2D eigenvalue weighted by Gasteiger charge is -2.12. The minimum Gasteiger partial charge on any atom is -0.493 e. The minimum absolute atomic E-state index is 0.175. The summed E-state index contributed by atoms with van der Waals surface area (Å²) in [4.78, 5) is 29.4. The molecule has 1 aromatic heterocycles. The van der Waals surface area contributed by atoms with Gasteiger partial charge in [-0.25, -0.2) is 9.78 Å². The lowest BCUT2D eigenvalue weighted by molar-refractivity contribution is 0.0457. The largest absolute Gasteiger partial charge is 0.493 e. The summed E-state index contributed by atoms with van der Waals surface area (Å²) < 4.78 is 12.1. The molecule has 3 aromatic rings. The predicted octanol–water partition coefficient (Wildman–Crippen LogP) is 3.31. The van der Waals surface area contributed by atoms with Crippen LogP contribution < -0.4 is 10.3 Å². The third kappa shape index (κ3) is 4.79. The van der Waals surface area contributed by atoms with Crippen LogP contribution in [0.1, 0.15) is 30.0 Å². The highest BCUT2D eigenvalue weighted by Crippen LogP contribution is 2.15.